The highest BCUT2D eigenvalue weighted by molar-refractivity contribution is 6.46. The van der Waals surface area contributed by atoms with Crippen LogP contribution in [0.4, 0.5) is 18.9 Å². The SMILES string of the molecule is CN1C2CCC1CC(CC(=O)C(=N)c1cc(-c3ccc(C(F)(F)F)cc3)ccc1N)C2. The monoisotopic (exact) mass is 429 g/mol. The second-order valence-corrected chi connectivity index (χ2v) is 8.77. The molecule has 0 radical (unpaired) electrons. The van der Waals surface area contributed by atoms with Crippen molar-refractivity contribution in [2.45, 2.75) is 50.4 Å². The molecule has 2 aromatic carbocycles. The van der Waals surface area contributed by atoms with E-state index in [4.69, 9.17) is 11.1 Å². The summed E-state index contributed by atoms with van der Waals surface area (Å²) in [7, 11) is 2.15. The number of halogens is 3. The Balaban J connectivity index is 1.50. The molecule has 2 heterocycles. The highest BCUT2D eigenvalue weighted by Crippen LogP contribution is 2.39. The van der Waals surface area contributed by atoms with E-state index in [0.717, 1.165) is 25.0 Å². The summed E-state index contributed by atoms with van der Waals surface area (Å²) in [6.07, 6.45) is 0.243. The molecule has 0 saturated carbocycles. The number of nitrogens with two attached hydrogens (primary N) is 1. The topological polar surface area (TPSA) is 70.2 Å². The van der Waals surface area contributed by atoms with E-state index >= 15 is 0 Å². The predicted molar refractivity (Wildman–Crippen MR) is 115 cm³/mol. The van der Waals surface area contributed by atoms with Crippen molar-refractivity contribution in [2.24, 2.45) is 5.92 Å². The molecule has 164 valence electrons. The minimum atomic E-state index is -4.40. The number of nitrogen functional groups attached to an aromatic ring is 1. The first-order chi connectivity index (χ1) is 14.6. The van der Waals surface area contributed by atoms with Crippen LogP contribution in [-0.2, 0) is 11.0 Å². The highest BCUT2D eigenvalue weighted by Gasteiger charge is 2.39. The van der Waals surface area contributed by atoms with Crippen molar-refractivity contribution in [3.8, 4) is 11.1 Å². The summed E-state index contributed by atoms with van der Waals surface area (Å²) in [6.45, 7) is 0. The molecule has 0 amide bonds. The molecule has 2 aliphatic heterocycles. The number of ketones is 1. The third-order valence-electron chi connectivity index (χ3n) is 6.82. The van der Waals surface area contributed by atoms with E-state index in [0.29, 0.717) is 40.9 Å². The third kappa shape index (κ3) is 4.37. The standard InChI is InChI=1S/C24H26F3N3O/c1-30-18-7-8-19(30)11-14(10-18)12-22(31)23(29)20-13-16(4-9-21(20)28)15-2-5-17(6-3-15)24(25,26)27/h2-6,9,13-14,18-19,29H,7-8,10-12,28H2,1H3. The van der Waals surface area contributed by atoms with Crippen LogP contribution in [0.1, 0.15) is 43.2 Å². The number of alkyl halides is 3. The smallest absolute Gasteiger partial charge is 0.398 e. The number of benzene rings is 2. The molecule has 31 heavy (non-hydrogen) atoms. The largest absolute Gasteiger partial charge is 0.416 e. The molecule has 2 aromatic rings. The van der Waals surface area contributed by atoms with Gasteiger partial charge in [-0.25, -0.2) is 0 Å². The van der Waals surface area contributed by atoms with E-state index < -0.39 is 11.7 Å². The number of nitrogens with one attached hydrogen (secondary N) is 1. The summed E-state index contributed by atoms with van der Waals surface area (Å²) in [5.74, 6) is 0.0473. The minimum absolute atomic E-state index is 0.127. The molecule has 2 saturated heterocycles. The number of carbonyl (C=O) groups is 1. The maximum atomic E-state index is 12.9. The number of hydrogen-bond acceptors (Lipinski definition) is 4. The van der Waals surface area contributed by atoms with Crippen LogP contribution in [-0.4, -0.2) is 35.5 Å². The van der Waals surface area contributed by atoms with Crippen molar-refractivity contribution >= 4 is 17.2 Å². The average molecular weight is 429 g/mol. The average Bonchev–Trinajstić information content (AvgIpc) is 2.94. The Hall–Kier alpha value is -2.67. The minimum Gasteiger partial charge on any atom is -0.398 e. The highest BCUT2D eigenvalue weighted by atomic mass is 19.4. The van der Waals surface area contributed by atoms with E-state index in [9.17, 15) is 18.0 Å². The normalized spacial score (nSPS) is 23.7. The number of fused-ring (bicyclic) bond motifs is 2. The van der Waals surface area contributed by atoms with Gasteiger partial charge in [-0.1, -0.05) is 18.2 Å². The maximum Gasteiger partial charge on any atom is 0.416 e. The fourth-order valence-electron chi connectivity index (χ4n) is 5.01. The molecule has 0 spiro atoms. The lowest BCUT2D eigenvalue weighted by Gasteiger charge is -2.36. The van der Waals surface area contributed by atoms with Crippen molar-refractivity contribution in [2.75, 3.05) is 12.8 Å². The molecule has 2 bridgehead atoms. The van der Waals surface area contributed by atoms with Crippen LogP contribution in [0.2, 0.25) is 0 Å². The number of anilines is 1. The van der Waals surface area contributed by atoms with Crippen LogP contribution in [0.5, 0.6) is 0 Å². The maximum absolute atomic E-state index is 12.9. The summed E-state index contributed by atoms with van der Waals surface area (Å²) in [4.78, 5) is 15.3. The Morgan fingerprint density at radius 2 is 1.65 bits per heavy atom. The van der Waals surface area contributed by atoms with Crippen LogP contribution in [0.3, 0.4) is 0 Å². The number of rotatable bonds is 5. The Labute approximate surface area is 179 Å². The fourth-order valence-corrected chi connectivity index (χ4v) is 5.01. The Kier molecular flexibility index (Phi) is 5.64. The van der Waals surface area contributed by atoms with Crippen LogP contribution < -0.4 is 5.73 Å². The molecular weight excluding hydrogens is 403 g/mol. The zero-order valence-corrected chi connectivity index (χ0v) is 17.4. The van der Waals surface area contributed by atoms with Gasteiger partial charge in [0.2, 0.25) is 0 Å². The second kappa shape index (κ2) is 8.11. The summed E-state index contributed by atoms with van der Waals surface area (Å²) in [5, 5.41) is 8.44. The molecule has 7 heteroatoms. The molecule has 2 aliphatic rings. The second-order valence-electron chi connectivity index (χ2n) is 8.77. The summed E-state index contributed by atoms with van der Waals surface area (Å²) < 4.78 is 38.4. The van der Waals surface area contributed by atoms with Crippen molar-refractivity contribution in [1.82, 2.24) is 4.90 Å². The van der Waals surface area contributed by atoms with E-state index in [-0.39, 0.29) is 17.4 Å². The summed E-state index contributed by atoms with van der Waals surface area (Å²) in [5.41, 5.74) is 7.03. The number of piperidine rings is 1. The van der Waals surface area contributed by atoms with Gasteiger partial charge in [0, 0.05) is 29.8 Å². The number of Topliss-reactive ketones (excluding diaryl/α,β-unsaturated/α-hetero) is 1. The molecule has 3 N–H and O–H groups in total. The molecule has 4 nitrogen and oxygen atoms in total. The Morgan fingerprint density at radius 3 is 2.23 bits per heavy atom. The first-order valence-corrected chi connectivity index (χ1v) is 10.5. The number of hydrogen-bond donors (Lipinski definition) is 2. The predicted octanol–water partition coefficient (Wildman–Crippen LogP) is 5.15. The van der Waals surface area contributed by atoms with E-state index in [1.54, 1.807) is 18.2 Å². The van der Waals surface area contributed by atoms with E-state index in [1.807, 2.05) is 0 Å². The van der Waals surface area contributed by atoms with Gasteiger partial charge >= 0.3 is 6.18 Å². The van der Waals surface area contributed by atoms with Gasteiger partial charge in [-0.05, 0) is 74.0 Å². The lowest BCUT2D eigenvalue weighted by atomic mass is 9.85. The van der Waals surface area contributed by atoms with Gasteiger partial charge in [0.05, 0.1) is 5.56 Å². The molecule has 2 unspecified atom stereocenters. The van der Waals surface area contributed by atoms with Crippen LogP contribution >= 0.6 is 0 Å². The molecule has 2 fully saturated rings. The van der Waals surface area contributed by atoms with Crippen molar-refractivity contribution in [3.63, 3.8) is 0 Å². The summed E-state index contributed by atoms with van der Waals surface area (Å²) in [6, 6.07) is 10.8. The van der Waals surface area contributed by atoms with Gasteiger partial charge in [0.15, 0.2) is 5.78 Å². The van der Waals surface area contributed by atoms with E-state index in [2.05, 4.69) is 11.9 Å². The number of carbonyl (C=O) groups excluding carboxylic acids is 1. The molecule has 0 aliphatic carbocycles. The lowest BCUT2D eigenvalue weighted by Crippen LogP contribution is -2.40. The van der Waals surface area contributed by atoms with Crippen LogP contribution in [0, 0.1) is 11.3 Å². The van der Waals surface area contributed by atoms with Gasteiger partial charge < -0.3 is 10.6 Å². The molecule has 0 aromatic heterocycles. The lowest BCUT2D eigenvalue weighted by molar-refractivity contribution is -0.137. The van der Waals surface area contributed by atoms with Gasteiger partial charge in [-0.15, -0.1) is 0 Å². The first-order valence-electron chi connectivity index (χ1n) is 10.5. The van der Waals surface area contributed by atoms with Crippen molar-refractivity contribution < 1.29 is 18.0 Å². The molecular formula is C24H26F3N3O. The van der Waals surface area contributed by atoms with Crippen LogP contribution in [0.25, 0.3) is 11.1 Å². The van der Waals surface area contributed by atoms with Gasteiger partial charge in [-0.3, -0.25) is 10.2 Å². The first kappa shape index (κ1) is 21.6. The van der Waals surface area contributed by atoms with Crippen molar-refractivity contribution in [3.05, 3.63) is 53.6 Å². The molecule has 4 rings (SSSR count). The third-order valence-corrected chi connectivity index (χ3v) is 6.82. The van der Waals surface area contributed by atoms with Crippen LogP contribution in [0.15, 0.2) is 42.5 Å². The van der Waals surface area contributed by atoms with E-state index in [1.165, 1.54) is 25.0 Å². The van der Waals surface area contributed by atoms with Gasteiger partial charge in [0.25, 0.3) is 0 Å². The Morgan fingerprint density at radius 1 is 1.06 bits per heavy atom. The zero-order chi connectivity index (χ0) is 22.3. The summed E-state index contributed by atoms with van der Waals surface area (Å²) >= 11 is 0. The fraction of sp³-hybridized carbons (Fsp3) is 0.417. The number of nitrogens with zero attached hydrogens (tertiary/aromatic N) is 1. The quantitative estimate of drug-likeness (QED) is 0.510. The van der Waals surface area contributed by atoms with Gasteiger partial charge in [0.1, 0.15) is 5.71 Å². The van der Waals surface area contributed by atoms with Crippen molar-refractivity contribution in [1.29, 1.82) is 5.41 Å². The van der Waals surface area contributed by atoms with Gasteiger partial charge in [-0.2, -0.15) is 13.2 Å². The zero-order valence-electron chi connectivity index (χ0n) is 17.4. The molecule has 2 atom stereocenters. The Bertz CT molecular complexity index is 986.